The number of aromatic nitrogens is 3. The molecule has 0 aliphatic rings. The van der Waals surface area contributed by atoms with E-state index in [2.05, 4.69) is 37.7 Å². The number of hydrogen-bond donors (Lipinski definition) is 3. The van der Waals surface area contributed by atoms with Crippen LogP contribution in [0.15, 0.2) is 72.9 Å². The number of benzene rings is 2. The molecule has 2 aromatic heterocycles. The molecule has 3 N–H and O–H groups in total. The molecule has 35 heavy (non-hydrogen) atoms. The zero-order chi connectivity index (χ0) is 24.5. The average molecular weight is 472 g/mol. The van der Waals surface area contributed by atoms with Crippen LogP contribution in [0.4, 0.5) is 10.6 Å². The van der Waals surface area contributed by atoms with Crippen molar-refractivity contribution in [3.05, 3.63) is 78.5 Å². The molecule has 180 valence electrons. The number of carbonyl (C=O) groups excluding carboxylic acids is 1. The minimum Gasteiger partial charge on any atom is -0.491 e. The fourth-order valence-electron chi connectivity index (χ4n) is 3.51. The molecule has 0 bridgehead atoms. The van der Waals surface area contributed by atoms with E-state index in [1.54, 1.807) is 25.3 Å². The highest BCUT2D eigenvalue weighted by Crippen LogP contribution is 2.22. The van der Waals surface area contributed by atoms with Gasteiger partial charge in [-0.1, -0.05) is 30.3 Å². The Labute approximate surface area is 204 Å². The maximum atomic E-state index is 12.3. The molecule has 1 unspecified atom stereocenters. The number of hydrogen-bond acceptors (Lipinski definition) is 6. The van der Waals surface area contributed by atoms with E-state index in [0.29, 0.717) is 35.0 Å². The number of aliphatic hydroxyl groups is 1. The van der Waals surface area contributed by atoms with Gasteiger partial charge < -0.3 is 15.2 Å². The predicted octanol–water partition coefficient (Wildman–Crippen LogP) is 4.60. The van der Waals surface area contributed by atoms with Crippen LogP contribution in [0.5, 0.6) is 5.75 Å². The van der Waals surface area contributed by atoms with Crippen LogP contribution in [0, 0.1) is 0 Å². The third kappa shape index (κ3) is 7.22. The highest BCUT2D eigenvalue weighted by molar-refractivity contribution is 5.89. The summed E-state index contributed by atoms with van der Waals surface area (Å²) in [6, 6.07) is 20.9. The molecule has 0 fully saturated rings. The second kappa shape index (κ2) is 11.9. The number of urea groups is 1. The van der Waals surface area contributed by atoms with Gasteiger partial charge in [0, 0.05) is 12.1 Å². The number of aliphatic hydroxyl groups excluding tert-OH is 1. The van der Waals surface area contributed by atoms with Gasteiger partial charge in [-0.05, 0) is 68.1 Å². The molecule has 4 rings (SSSR count). The van der Waals surface area contributed by atoms with Gasteiger partial charge in [-0.3, -0.25) is 10.3 Å². The summed E-state index contributed by atoms with van der Waals surface area (Å²) in [6.07, 6.45) is 4.05. The number of fused-ring (bicyclic) bond motifs is 1. The summed E-state index contributed by atoms with van der Waals surface area (Å²) in [7, 11) is 0. The summed E-state index contributed by atoms with van der Waals surface area (Å²) in [4.78, 5) is 25.8. The number of rotatable bonds is 10. The van der Waals surface area contributed by atoms with Crippen LogP contribution in [0.2, 0.25) is 0 Å². The normalized spacial score (nSPS) is 11.7. The molecule has 4 aromatic rings. The van der Waals surface area contributed by atoms with Crippen LogP contribution < -0.4 is 15.4 Å². The Morgan fingerprint density at radius 3 is 2.57 bits per heavy atom. The van der Waals surface area contributed by atoms with E-state index in [1.165, 1.54) is 5.56 Å². The molecule has 8 nitrogen and oxygen atoms in total. The predicted molar refractivity (Wildman–Crippen MR) is 136 cm³/mol. The molecule has 1 atom stereocenters. The standard InChI is InChI=1S/C27H29N5O3/c1-19(33)18-35-22-12-10-21(11-13-22)24-17-29-23-14-15-25(31-26(23)30-24)32-27(34)28-16-6-5-9-20-7-3-2-4-8-20/h2-4,7-8,10-15,17,19,33H,5-6,9,16,18H2,1H3,(H2,28,30,31,32,34). The Balaban J connectivity index is 1.31. The zero-order valence-corrected chi connectivity index (χ0v) is 19.6. The van der Waals surface area contributed by atoms with Gasteiger partial charge in [-0.25, -0.2) is 14.8 Å². The fraction of sp³-hybridized carbons (Fsp3) is 0.259. The van der Waals surface area contributed by atoms with E-state index in [-0.39, 0.29) is 12.6 Å². The van der Waals surface area contributed by atoms with E-state index in [0.717, 1.165) is 24.8 Å². The summed E-state index contributed by atoms with van der Waals surface area (Å²) in [5.41, 5.74) is 3.90. The molecular weight excluding hydrogens is 442 g/mol. The van der Waals surface area contributed by atoms with Crippen molar-refractivity contribution >= 4 is 23.0 Å². The highest BCUT2D eigenvalue weighted by Gasteiger charge is 2.08. The Kier molecular flexibility index (Phi) is 8.19. The lowest BCUT2D eigenvalue weighted by Crippen LogP contribution is -2.29. The lowest BCUT2D eigenvalue weighted by atomic mass is 10.1. The Morgan fingerprint density at radius 1 is 1.00 bits per heavy atom. The van der Waals surface area contributed by atoms with E-state index < -0.39 is 6.10 Å². The summed E-state index contributed by atoms with van der Waals surface area (Å²) in [6.45, 7) is 2.50. The van der Waals surface area contributed by atoms with Gasteiger partial charge in [0.15, 0.2) is 5.65 Å². The quantitative estimate of drug-likeness (QED) is 0.292. The molecule has 2 amide bonds. The zero-order valence-electron chi connectivity index (χ0n) is 19.6. The van der Waals surface area contributed by atoms with E-state index in [4.69, 9.17) is 4.74 Å². The van der Waals surface area contributed by atoms with Crippen molar-refractivity contribution in [2.75, 3.05) is 18.5 Å². The van der Waals surface area contributed by atoms with Gasteiger partial charge in [0.25, 0.3) is 0 Å². The van der Waals surface area contributed by atoms with Crippen LogP contribution in [0.1, 0.15) is 25.3 Å². The fourth-order valence-corrected chi connectivity index (χ4v) is 3.51. The average Bonchev–Trinajstić information content (AvgIpc) is 2.88. The van der Waals surface area contributed by atoms with Crippen molar-refractivity contribution in [1.82, 2.24) is 20.3 Å². The number of pyridine rings is 1. The van der Waals surface area contributed by atoms with Crippen molar-refractivity contribution in [3.8, 4) is 17.0 Å². The number of nitrogens with one attached hydrogen (secondary N) is 2. The van der Waals surface area contributed by atoms with Gasteiger partial charge in [0.05, 0.1) is 18.0 Å². The first-order chi connectivity index (χ1) is 17.1. The first kappa shape index (κ1) is 24.1. The Hall–Kier alpha value is -4.04. The molecule has 0 aliphatic carbocycles. The maximum Gasteiger partial charge on any atom is 0.320 e. The summed E-state index contributed by atoms with van der Waals surface area (Å²) in [5, 5.41) is 15.0. The molecule has 2 aromatic carbocycles. The number of aryl methyl sites for hydroxylation is 1. The first-order valence-corrected chi connectivity index (χ1v) is 11.7. The molecule has 0 aliphatic heterocycles. The minimum absolute atomic E-state index is 0.232. The number of nitrogens with zero attached hydrogens (tertiary/aromatic N) is 3. The second-order valence-corrected chi connectivity index (χ2v) is 8.30. The lowest BCUT2D eigenvalue weighted by Gasteiger charge is -2.09. The van der Waals surface area contributed by atoms with E-state index in [9.17, 15) is 9.90 Å². The lowest BCUT2D eigenvalue weighted by molar-refractivity contribution is 0.123. The highest BCUT2D eigenvalue weighted by atomic mass is 16.5. The maximum absolute atomic E-state index is 12.3. The van der Waals surface area contributed by atoms with Crippen LogP contribution in [0.3, 0.4) is 0 Å². The number of ether oxygens (including phenoxy) is 1. The monoisotopic (exact) mass is 471 g/mol. The van der Waals surface area contributed by atoms with Crippen molar-refractivity contribution in [3.63, 3.8) is 0 Å². The molecule has 0 radical (unpaired) electrons. The number of amides is 2. The Morgan fingerprint density at radius 2 is 1.80 bits per heavy atom. The number of unbranched alkanes of at least 4 members (excludes halogenated alkanes) is 1. The largest absolute Gasteiger partial charge is 0.491 e. The third-order valence-electron chi connectivity index (χ3n) is 5.31. The van der Waals surface area contributed by atoms with Crippen molar-refractivity contribution in [2.45, 2.75) is 32.3 Å². The van der Waals surface area contributed by atoms with Crippen molar-refractivity contribution < 1.29 is 14.6 Å². The molecule has 2 heterocycles. The molecule has 0 spiro atoms. The van der Waals surface area contributed by atoms with Crippen LogP contribution in [-0.4, -0.2) is 45.3 Å². The molecule has 0 saturated carbocycles. The van der Waals surface area contributed by atoms with Gasteiger partial charge in [-0.2, -0.15) is 0 Å². The van der Waals surface area contributed by atoms with Gasteiger partial charge in [0.1, 0.15) is 23.7 Å². The summed E-state index contributed by atoms with van der Waals surface area (Å²) >= 11 is 0. The first-order valence-electron chi connectivity index (χ1n) is 11.7. The van der Waals surface area contributed by atoms with Gasteiger partial charge in [-0.15, -0.1) is 0 Å². The topological polar surface area (TPSA) is 109 Å². The van der Waals surface area contributed by atoms with E-state index >= 15 is 0 Å². The number of anilines is 1. The summed E-state index contributed by atoms with van der Waals surface area (Å²) in [5.74, 6) is 1.08. The van der Waals surface area contributed by atoms with Gasteiger partial charge in [0.2, 0.25) is 0 Å². The molecule has 0 saturated heterocycles. The third-order valence-corrected chi connectivity index (χ3v) is 5.31. The van der Waals surface area contributed by atoms with Crippen molar-refractivity contribution in [1.29, 1.82) is 0 Å². The van der Waals surface area contributed by atoms with Crippen LogP contribution >= 0.6 is 0 Å². The van der Waals surface area contributed by atoms with Gasteiger partial charge >= 0.3 is 6.03 Å². The summed E-state index contributed by atoms with van der Waals surface area (Å²) < 4.78 is 5.50. The Bertz CT molecular complexity index is 1250. The van der Waals surface area contributed by atoms with E-state index in [1.807, 2.05) is 42.5 Å². The minimum atomic E-state index is -0.531. The molecular formula is C27H29N5O3. The van der Waals surface area contributed by atoms with Crippen LogP contribution in [0.25, 0.3) is 22.4 Å². The SMILES string of the molecule is CC(O)COc1ccc(-c2cnc3ccc(NC(=O)NCCCCc4ccccc4)nc3n2)cc1. The van der Waals surface area contributed by atoms with Crippen molar-refractivity contribution in [2.24, 2.45) is 0 Å². The second-order valence-electron chi connectivity index (χ2n) is 8.30. The smallest absolute Gasteiger partial charge is 0.320 e. The van der Waals surface area contributed by atoms with Crippen LogP contribution in [-0.2, 0) is 6.42 Å². The number of carbonyl (C=O) groups is 1. The molecule has 8 heteroatoms.